The van der Waals surface area contributed by atoms with E-state index in [0.717, 1.165) is 5.56 Å². The molecule has 0 aromatic heterocycles. The average molecular weight is 289 g/mol. The number of anilines is 1. The molecule has 1 aromatic carbocycles. The van der Waals surface area contributed by atoms with Gasteiger partial charge in [0.25, 0.3) is 0 Å². The molecule has 18 heavy (non-hydrogen) atoms. The molecule has 0 unspecified atom stereocenters. The van der Waals surface area contributed by atoms with Crippen molar-refractivity contribution in [2.24, 2.45) is 5.41 Å². The third kappa shape index (κ3) is 3.53. The van der Waals surface area contributed by atoms with Crippen LogP contribution in [-0.2, 0) is 11.3 Å². The third-order valence-corrected chi connectivity index (χ3v) is 3.29. The molecule has 0 atom stereocenters. The molecule has 1 rings (SSSR count). The van der Waals surface area contributed by atoms with E-state index in [1.807, 2.05) is 26.8 Å². The number of halogens is 2. The van der Waals surface area contributed by atoms with Crippen molar-refractivity contribution in [1.29, 1.82) is 0 Å². The van der Waals surface area contributed by atoms with Crippen LogP contribution in [0.15, 0.2) is 12.1 Å². The first kappa shape index (κ1) is 15.1. The number of hydrogen-bond acceptors (Lipinski definition) is 2. The van der Waals surface area contributed by atoms with E-state index in [2.05, 4.69) is 10.6 Å². The highest BCUT2D eigenvalue weighted by atomic mass is 35.5. The normalized spacial score (nSPS) is 11.2. The Hall–Kier alpha value is -0.930. The number of carbonyl (C=O) groups is 1. The Kier molecular flexibility index (Phi) is 4.88. The van der Waals surface area contributed by atoms with E-state index < -0.39 is 5.41 Å². The van der Waals surface area contributed by atoms with Crippen LogP contribution < -0.4 is 10.6 Å². The molecule has 0 spiro atoms. The first-order valence-corrected chi connectivity index (χ1v) is 6.46. The fraction of sp³-hybridized carbons (Fsp3) is 0.462. The predicted octanol–water partition coefficient (Wildman–Crippen LogP) is 3.70. The van der Waals surface area contributed by atoms with E-state index in [1.54, 1.807) is 13.1 Å². The summed E-state index contributed by atoms with van der Waals surface area (Å²) in [4.78, 5) is 11.8. The SMILES string of the molecule is CNc1c(Cl)ccc(CNC(=O)C(C)(C)C)c1Cl. The van der Waals surface area contributed by atoms with Gasteiger partial charge < -0.3 is 10.6 Å². The number of carbonyl (C=O) groups excluding carboxylic acids is 1. The lowest BCUT2D eigenvalue weighted by Gasteiger charge is -2.18. The molecule has 0 saturated carbocycles. The molecule has 0 heterocycles. The fourth-order valence-electron chi connectivity index (χ4n) is 1.40. The number of rotatable bonds is 3. The minimum absolute atomic E-state index is 0.0143. The highest BCUT2D eigenvalue weighted by Crippen LogP contribution is 2.32. The number of nitrogens with one attached hydrogen (secondary N) is 2. The molecule has 100 valence electrons. The van der Waals surface area contributed by atoms with E-state index in [1.165, 1.54) is 0 Å². The number of amides is 1. The van der Waals surface area contributed by atoms with Crippen LogP contribution in [-0.4, -0.2) is 13.0 Å². The van der Waals surface area contributed by atoms with Crippen molar-refractivity contribution >= 4 is 34.8 Å². The average Bonchev–Trinajstić information content (AvgIpc) is 2.27. The lowest BCUT2D eigenvalue weighted by molar-refractivity contribution is -0.128. The van der Waals surface area contributed by atoms with E-state index in [9.17, 15) is 4.79 Å². The van der Waals surface area contributed by atoms with Crippen LogP contribution in [0, 0.1) is 5.41 Å². The third-order valence-electron chi connectivity index (χ3n) is 2.54. The second-order valence-corrected chi connectivity index (χ2v) is 5.86. The van der Waals surface area contributed by atoms with Crippen LogP contribution in [0.2, 0.25) is 10.0 Å². The maximum absolute atomic E-state index is 11.8. The molecule has 0 radical (unpaired) electrons. The Morgan fingerprint density at radius 1 is 1.28 bits per heavy atom. The maximum Gasteiger partial charge on any atom is 0.225 e. The van der Waals surface area contributed by atoms with E-state index >= 15 is 0 Å². The zero-order valence-corrected chi connectivity index (χ0v) is 12.5. The lowest BCUT2D eigenvalue weighted by atomic mass is 9.95. The standard InChI is InChI=1S/C13H18Cl2N2O/c1-13(2,3)12(18)17-7-8-5-6-9(14)11(16-4)10(8)15/h5-6,16H,7H2,1-4H3,(H,17,18). The van der Waals surface area contributed by atoms with Crippen LogP contribution in [0.25, 0.3) is 0 Å². The topological polar surface area (TPSA) is 41.1 Å². The van der Waals surface area contributed by atoms with Crippen molar-refractivity contribution < 1.29 is 4.79 Å². The Balaban J connectivity index is 2.84. The van der Waals surface area contributed by atoms with Crippen molar-refractivity contribution in [2.45, 2.75) is 27.3 Å². The van der Waals surface area contributed by atoms with E-state index in [-0.39, 0.29) is 5.91 Å². The molecular weight excluding hydrogens is 271 g/mol. The van der Waals surface area contributed by atoms with Gasteiger partial charge in [0.05, 0.1) is 15.7 Å². The summed E-state index contributed by atoms with van der Waals surface area (Å²) in [5.41, 5.74) is 1.11. The first-order chi connectivity index (χ1) is 8.27. The smallest absolute Gasteiger partial charge is 0.225 e. The first-order valence-electron chi connectivity index (χ1n) is 5.70. The summed E-state index contributed by atoms with van der Waals surface area (Å²) in [6, 6.07) is 3.58. The highest BCUT2D eigenvalue weighted by Gasteiger charge is 2.21. The Bertz CT molecular complexity index is 453. The van der Waals surface area contributed by atoms with E-state index in [4.69, 9.17) is 23.2 Å². The summed E-state index contributed by atoms with van der Waals surface area (Å²) in [5.74, 6) is -0.0143. The van der Waals surface area contributed by atoms with Gasteiger partial charge in [0, 0.05) is 19.0 Å². The summed E-state index contributed by atoms with van der Waals surface area (Å²) in [5, 5.41) is 6.91. The molecule has 2 N–H and O–H groups in total. The summed E-state index contributed by atoms with van der Waals surface area (Å²) >= 11 is 12.2. The molecule has 1 aromatic rings. The van der Waals surface area contributed by atoms with Gasteiger partial charge in [0.15, 0.2) is 0 Å². The van der Waals surface area contributed by atoms with Gasteiger partial charge in [-0.2, -0.15) is 0 Å². The molecular formula is C13H18Cl2N2O. The molecule has 1 amide bonds. The van der Waals surface area contributed by atoms with Gasteiger partial charge in [0.1, 0.15) is 0 Å². The van der Waals surface area contributed by atoms with Gasteiger partial charge in [-0.1, -0.05) is 50.0 Å². The quantitative estimate of drug-likeness (QED) is 0.891. The minimum atomic E-state index is -0.412. The van der Waals surface area contributed by atoms with Gasteiger partial charge in [-0.3, -0.25) is 4.79 Å². The van der Waals surface area contributed by atoms with Crippen molar-refractivity contribution in [1.82, 2.24) is 5.32 Å². The second kappa shape index (κ2) is 5.81. The Morgan fingerprint density at radius 2 is 1.89 bits per heavy atom. The zero-order valence-electron chi connectivity index (χ0n) is 11.0. The Morgan fingerprint density at radius 3 is 2.39 bits per heavy atom. The molecule has 0 aliphatic heterocycles. The second-order valence-electron chi connectivity index (χ2n) is 5.08. The van der Waals surface area contributed by atoms with Crippen LogP contribution >= 0.6 is 23.2 Å². The van der Waals surface area contributed by atoms with Gasteiger partial charge in [-0.25, -0.2) is 0 Å². The largest absolute Gasteiger partial charge is 0.386 e. The predicted molar refractivity (Wildman–Crippen MR) is 77.3 cm³/mol. The Labute approximate surface area is 118 Å². The summed E-state index contributed by atoms with van der Waals surface area (Å²) in [6.07, 6.45) is 0. The van der Waals surface area contributed by atoms with Gasteiger partial charge >= 0.3 is 0 Å². The maximum atomic E-state index is 11.8. The van der Waals surface area contributed by atoms with Crippen molar-refractivity contribution in [3.8, 4) is 0 Å². The van der Waals surface area contributed by atoms with Gasteiger partial charge in [-0.05, 0) is 11.6 Å². The summed E-state index contributed by atoms with van der Waals surface area (Å²) in [7, 11) is 1.75. The molecule has 5 heteroatoms. The monoisotopic (exact) mass is 288 g/mol. The zero-order chi connectivity index (χ0) is 13.9. The summed E-state index contributed by atoms with van der Waals surface area (Å²) < 4.78 is 0. The van der Waals surface area contributed by atoms with Crippen LogP contribution in [0.1, 0.15) is 26.3 Å². The van der Waals surface area contributed by atoms with Gasteiger partial charge in [0.2, 0.25) is 5.91 Å². The summed E-state index contributed by atoms with van der Waals surface area (Å²) in [6.45, 7) is 5.99. The molecule has 0 bridgehead atoms. The van der Waals surface area contributed by atoms with Crippen molar-refractivity contribution in [3.63, 3.8) is 0 Å². The molecule has 0 fully saturated rings. The van der Waals surface area contributed by atoms with Gasteiger partial charge in [-0.15, -0.1) is 0 Å². The van der Waals surface area contributed by atoms with Crippen molar-refractivity contribution in [2.75, 3.05) is 12.4 Å². The van der Waals surface area contributed by atoms with Crippen LogP contribution in [0.3, 0.4) is 0 Å². The van der Waals surface area contributed by atoms with E-state index in [0.29, 0.717) is 22.3 Å². The molecule has 0 saturated heterocycles. The lowest BCUT2D eigenvalue weighted by Crippen LogP contribution is -2.34. The minimum Gasteiger partial charge on any atom is -0.386 e. The van der Waals surface area contributed by atoms with Crippen LogP contribution in [0.4, 0.5) is 5.69 Å². The highest BCUT2D eigenvalue weighted by molar-refractivity contribution is 6.39. The number of hydrogen-bond donors (Lipinski definition) is 2. The molecule has 3 nitrogen and oxygen atoms in total. The fourth-order valence-corrected chi connectivity index (χ4v) is 2.03. The van der Waals surface area contributed by atoms with Crippen molar-refractivity contribution in [3.05, 3.63) is 27.7 Å². The number of benzene rings is 1. The van der Waals surface area contributed by atoms with Crippen LogP contribution in [0.5, 0.6) is 0 Å². The molecule has 0 aliphatic rings. The molecule has 0 aliphatic carbocycles.